The molecule has 0 atom stereocenters. The standard InChI is InChI=1S/C20H16N4O2/c1-26-18-9-5-3-7-16(18)20(25)24-19-11-10-15(13-22-19)23-17-8-4-2-6-14(17)12-21/h2-11,13,23H,1H3,(H,22,24,25). The smallest absolute Gasteiger partial charge is 0.260 e. The minimum atomic E-state index is -0.300. The molecule has 128 valence electrons. The highest BCUT2D eigenvalue weighted by Crippen LogP contribution is 2.22. The van der Waals surface area contributed by atoms with Gasteiger partial charge in [-0.1, -0.05) is 24.3 Å². The minimum absolute atomic E-state index is 0.300. The van der Waals surface area contributed by atoms with Gasteiger partial charge in [-0.15, -0.1) is 0 Å². The van der Waals surface area contributed by atoms with Crippen molar-refractivity contribution in [1.29, 1.82) is 5.26 Å². The van der Waals surface area contributed by atoms with Crippen LogP contribution in [0.3, 0.4) is 0 Å². The van der Waals surface area contributed by atoms with Crippen molar-refractivity contribution in [1.82, 2.24) is 4.98 Å². The fraction of sp³-hybridized carbons (Fsp3) is 0.0500. The van der Waals surface area contributed by atoms with Crippen molar-refractivity contribution in [2.24, 2.45) is 0 Å². The van der Waals surface area contributed by atoms with Crippen LogP contribution in [0, 0.1) is 11.3 Å². The predicted molar refractivity (Wildman–Crippen MR) is 99.6 cm³/mol. The van der Waals surface area contributed by atoms with Gasteiger partial charge in [-0.25, -0.2) is 4.98 Å². The van der Waals surface area contributed by atoms with Gasteiger partial charge >= 0.3 is 0 Å². The zero-order valence-corrected chi connectivity index (χ0v) is 14.1. The van der Waals surface area contributed by atoms with E-state index in [2.05, 4.69) is 21.7 Å². The molecular formula is C20H16N4O2. The lowest BCUT2D eigenvalue weighted by molar-refractivity contribution is 0.102. The highest BCUT2D eigenvalue weighted by molar-refractivity contribution is 6.05. The van der Waals surface area contributed by atoms with Gasteiger partial charge in [0.1, 0.15) is 17.6 Å². The third-order valence-electron chi connectivity index (χ3n) is 3.68. The van der Waals surface area contributed by atoms with Gasteiger partial charge in [0.15, 0.2) is 0 Å². The topological polar surface area (TPSA) is 87.0 Å². The molecule has 26 heavy (non-hydrogen) atoms. The van der Waals surface area contributed by atoms with E-state index >= 15 is 0 Å². The molecule has 3 aromatic rings. The number of hydrogen-bond donors (Lipinski definition) is 2. The van der Waals surface area contributed by atoms with E-state index in [0.29, 0.717) is 34.1 Å². The summed E-state index contributed by atoms with van der Waals surface area (Å²) in [5, 5.41) is 15.0. The third kappa shape index (κ3) is 3.79. The van der Waals surface area contributed by atoms with E-state index < -0.39 is 0 Å². The first-order valence-electron chi connectivity index (χ1n) is 7.88. The van der Waals surface area contributed by atoms with Crippen molar-refractivity contribution >= 4 is 23.1 Å². The Morgan fingerprint density at radius 3 is 2.58 bits per heavy atom. The zero-order valence-electron chi connectivity index (χ0n) is 14.1. The summed E-state index contributed by atoms with van der Waals surface area (Å²) in [7, 11) is 1.52. The first-order chi connectivity index (χ1) is 12.7. The third-order valence-corrected chi connectivity index (χ3v) is 3.68. The Kier molecular flexibility index (Phi) is 5.11. The van der Waals surface area contributed by atoms with E-state index in [1.54, 1.807) is 54.7 Å². The van der Waals surface area contributed by atoms with Crippen molar-refractivity contribution in [3.8, 4) is 11.8 Å². The molecule has 1 heterocycles. The van der Waals surface area contributed by atoms with Gasteiger partial charge < -0.3 is 15.4 Å². The largest absolute Gasteiger partial charge is 0.496 e. The van der Waals surface area contributed by atoms with E-state index in [4.69, 9.17) is 10.00 Å². The molecule has 0 aliphatic carbocycles. The second kappa shape index (κ2) is 7.81. The molecule has 0 fully saturated rings. The number of anilines is 3. The van der Waals surface area contributed by atoms with Gasteiger partial charge in [0, 0.05) is 0 Å². The van der Waals surface area contributed by atoms with Gasteiger partial charge in [-0.3, -0.25) is 4.79 Å². The number of carbonyl (C=O) groups is 1. The number of aromatic nitrogens is 1. The molecular weight excluding hydrogens is 328 g/mol. The summed E-state index contributed by atoms with van der Waals surface area (Å²) in [6.07, 6.45) is 1.59. The lowest BCUT2D eigenvalue weighted by atomic mass is 10.2. The molecule has 0 aliphatic rings. The van der Waals surface area contributed by atoms with Gasteiger partial charge in [0.25, 0.3) is 5.91 Å². The minimum Gasteiger partial charge on any atom is -0.496 e. The predicted octanol–water partition coefficient (Wildman–Crippen LogP) is 3.96. The number of methoxy groups -OCH3 is 1. The number of rotatable bonds is 5. The summed E-state index contributed by atoms with van der Waals surface area (Å²) >= 11 is 0. The van der Waals surface area contributed by atoms with Crippen LogP contribution in [-0.4, -0.2) is 18.0 Å². The van der Waals surface area contributed by atoms with Crippen LogP contribution in [0.4, 0.5) is 17.2 Å². The van der Waals surface area contributed by atoms with E-state index in [0.717, 1.165) is 0 Å². The van der Waals surface area contributed by atoms with Gasteiger partial charge in [-0.2, -0.15) is 5.26 Å². The van der Waals surface area contributed by atoms with Gasteiger partial charge in [0.05, 0.1) is 35.8 Å². The number of nitriles is 1. The molecule has 0 saturated heterocycles. The van der Waals surface area contributed by atoms with Crippen molar-refractivity contribution in [2.75, 3.05) is 17.7 Å². The van der Waals surface area contributed by atoms with E-state index in [1.807, 2.05) is 12.1 Å². The van der Waals surface area contributed by atoms with Crippen molar-refractivity contribution in [3.63, 3.8) is 0 Å². The molecule has 1 amide bonds. The average molecular weight is 344 g/mol. The summed E-state index contributed by atoms with van der Waals surface area (Å²) in [5.41, 5.74) is 2.38. The molecule has 0 saturated carbocycles. The van der Waals surface area contributed by atoms with Gasteiger partial charge in [0.2, 0.25) is 0 Å². The maximum absolute atomic E-state index is 12.4. The first-order valence-corrected chi connectivity index (χ1v) is 7.88. The molecule has 6 nitrogen and oxygen atoms in total. The monoisotopic (exact) mass is 344 g/mol. The van der Waals surface area contributed by atoms with Crippen LogP contribution in [0.1, 0.15) is 15.9 Å². The Morgan fingerprint density at radius 1 is 1.08 bits per heavy atom. The lowest BCUT2D eigenvalue weighted by Crippen LogP contribution is -2.14. The second-order valence-electron chi connectivity index (χ2n) is 5.37. The summed E-state index contributed by atoms with van der Waals surface area (Å²) in [6, 6.07) is 19.8. The molecule has 1 aromatic heterocycles. The number of para-hydroxylation sites is 2. The second-order valence-corrected chi connectivity index (χ2v) is 5.37. The van der Waals surface area contributed by atoms with Gasteiger partial charge in [-0.05, 0) is 36.4 Å². The van der Waals surface area contributed by atoms with Crippen molar-refractivity contribution in [3.05, 3.63) is 78.0 Å². The maximum Gasteiger partial charge on any atom is 0.260 e. The molecule has 0 radical (unpaired) electrons. The molecule has 0 bridgehead atoms. The molecule has 2 aromatic carbocycles. The van der Waals surface area contributed by atoms with E-state index in [-0.39, 0.29) is 5.91 Å². The molecule has 6 heteroatoms. The van der Waals surface area contributed by atoms with Crippen LogP contribution >= 0.6 is 0 Å². The Balaban J connectivity index is 1.72. The number of hydrogen-bond acceptors (Lipinski definition) is 5. The lowest BCUT2D eigenvalue weighted by Gasteiger charge is -2.10. The Hall–Kier alpha value is -3.85. The molecule has 0 spiro atoms. The summed E-state index contributed by atoms with van der Waals surface area (Å²) in [5.74, 6) is 0.613. The number of nitrogens with zero attached hydrogens (tertiary/aromatic N) is 2. The molecule has 0 aliphatic heterocycles. The Bertz CT molecular complexity index is 962. The fourth-order valence-electron chi connectivity index (χ4n) is 2.40. The van der Waals surface area contributed by atoms with Crippen LogP contribution in [0.15, 0.2) is 66.9 Å². The number of nitrogens with one attached hydrogen (secondary N) is 2. The highest BCUT2D eigenvalue weighted by atomic mass is 16.5. The summed E-state index contributed by atoms with van der Waals surface area (Å²) in [4.78, 5) is 16.6. The summed E-state index contributed by atoms with van der Waals surface area (Å²) in [6.45, 7) is 0. The zero-order chi connectivity index (χ0) is 18.4. The van der Waals surface area contributed by atoms with Crippen LogP contribution in [0.25, 0.3) is 0 Å². The van der Waals surface area contributed by atoms with Crippen molar-refractivity contribution < 1.29 is 9.53 Å². The summed E-state index contributed by atoms with van der Waals surface area (Å²) < 4.78 is 5.19. The normalized spacial score (nSPS) is 9.85. The molecule has 2 N–H and O–H groups in total. The molecule has 0 unspecified atom stereocenters. The maximum atomic E-state index is 12.4. The number of benzene rings is 2. The van der Waals surface area contributed by atoms with Crippen LogP contribution in [0.5, 0.6) is 5.75 Å². The van der Waals surface area contributed by atoms with E-state index in [9.17, 15) is 4.79 Å². The Morgan fingerprint density at radius 2 is 1.85 bits per heavy atom. The number of amides is 1. The highest BCUT2D eigenvalue weighted by Gasteiger charge is 2.12. The molecule has 3 rings (SSSR count). The number of carbonyl (C=O) groups excluding carboxylic acids is 1. The van der Waals surface area contributed by atoms with Crippen LogP contribution < -0.4 is 15.4 Å². The fourth-order valence-corrected chi connectivity index (χ4v) is 2.40. The van der Waals surface area contributed by atoms with Crippen molar-refractivity contribution in [2.45, 2.75) is 0 Å². The van der Waals surface area contributed by atoms with Crippen LogP contribution in [-0.2, 0) is 0 Å². The Labute approximate surface area is 151 Å². The average Bonchev–Trinajstić information content (AvgIpc) is 2.69. The first kappa shape index (κ1) is 17.0. The van der Waals surface area contributed by atoms with E-state index in [1.165, 1.54) is 7.11 Å². The SMILES string of the molecule is COc1ccccc1C(=O)Nc1ccc(Nc2ccccc2C#N)cn1. The number of ether oxygens (including phenoxy) is 1. The number of pyridine rings is 1. The van der Waals surface area contributed by atoms with Crippen LogP contribution in [0.2, 0.25) is 0 Å². The quantitative estimate of drug-likeness (QED) is 0.731.